The van der Waals surface area contributed by atoms with Crippen LogP contribution in [0.4, 0.5) is 5.69 Å². The molecule has 138 valence electrons. The Kier molecular flexibility index (Phi) is 6.12. The molecule has 0 aromatic heterocycles. The number of anilines is 1. The molecule has 0 radical (unpaired) electrons. The zero-order valence-corrected chi connectivity index (χ0v) is 15.4. The van der Waals surface area contributed by atoms with Gasteiger partial charge in [-0.2, -0.15) is 0 Å². The molecule has 0 aliphatic carbocycles. The third-order valence-electron chi connectivity index (χ3n) is 4.49. The lowest BCUT2D eigenvalue weighted by Gasteiger charge is -2.30. The first kappa shape index (κ1) is 18.3. The molecule has 0 saturated heterocycles. The molecule has 5 nitrogen and oxygen atoms in total. The van der Waals surface area contributed by atoms with Crippen LogP contribution < -0.4 is 14.8 Å². The SMILES string of the molecule is CCc1ccc(NC(=O)CN(CC)CC2COc3ccccc3O2)cc1. The molecule has 0 fully saturated rings. The van der Waals surface area contributed by atoms with Crippen LogP contribution in [0.2, 0.25) is 0 Å². The highest BCUT2D eigenvalue weighted by Crippen LogP contribution is 2.30. The predicted octanol–water partition coefficient (Wildman–Crippen LogP) is 3.35. The smallest absolute Gasteiger partial charge is 0.238 e. The van der Waals surface area contributed by atoms with E-state index in [1.165, 1.54) is 5.56 Å². The van der Waals surface area contributed by atoms with Gasteiger partial charge in [-0.3, -0.25) is 9.69 Å². The number of para-hydroxylation sites is 2. The molecule has 2 aromatic carbocycles. The molecule has 1 unspecified atom stereocenters. The monoisotopic (exact) mass is 354 g/mol. The highest BCUT2D eigenvalue weighted by Gasteiger charge is 2.23. The second kappa shape index (κ2) is 8.72. The number of benzene rings is 2. The van der Waals surface area contributed by atoms with Gasteiger partial charge in [0.05, 0.1) is 6.54 Å². The number of nitrogens with one attached hydrogen (secondary N) is 1. The second-order valence-corrected chi connectivity index (χ2v) is 6.42. The average molecular weight is 354 g/mol. The highest BCUT2D eigenvalue weighted by atomic mass is 16.6. The Morgan fingerprint density at radius 3 is 2.54 bits per heavy atom. The quantitative estimate of drug-likeness (QED) is 0.828. The number of carbonyl (C=O) groups is 1. The molecular weight excluding hydrogens is 328 g/mol. The van der Waals surface area contributed by atoms with Gasteiger partial charge < -0.3 is 14.8 Å². The lowest BCUT2D eigenvalue weighted by molar-refractivity contribution is -0.117. The fourth-order valence-corrected chi connectivity index (χ4v) is 2.97. The largest absolute Gasteiger partial charge is 0.486 e. The van der Waals surface area contributed by atoms with Gasteiger partial charge in [-0.25, -0.2) is 0 Å². The van der Waals surface area contributed by atoms with E-state index in [0.717, 1.165) is 30.2 Å². The van der Waals surface area contributed by atoms with E-state index in [1.54, 1.807) is 0 Å². The van der Waals surface area contributed by atoms with Crippen LogP contribution in [-0.4, -0.2) is 43.2 Å². The van der Waals surface area contributed by atoms with Gasteiger partial charge in [0.2, 0.25) is 5.91 Å². The van der Waals surface area contributed by atoms with Crippen LogP contribution in [0, 0.1) is 0 Å². The summed E-state index contributed by atoms with van der Waals surface area (Å²) in [6, 6.07) is 15.6. The predicted molar refractivity (Wildman–Crippen MR) is 103 cm³/mol. The lowest BCUT2D eigenvalue weighted by atomic mass is 10.1. The summed E-state index contributed by atoms with van der Waals surface area (Å²) in [7, 11) is 0. The van der Waals surface area contributed by atoms with Crippen molar-refractivity contribution in [3.8, 4) is 11.5 Å². The maximum absolute atomic E-state index is 12.4. The maximum Gasteiger partial charge on any atom is 0.238 e. The Balaban J connectivity index is 1.51. The van der Waals surface area contributed by atoms with Crippen molar-refractivity contribution in [2.24, 2.45) is 0 Å². The van der Waals surface area contributed by atoms with Crippen LogP contribution in [0.5, 0.6) is 11.5 Å². The van der Waals surface area contributed by atoms with Crippen molar-refractivity contribution >= 4 is 11.6 Å². The van der Waals surface area contributed by atoms with Gasteiger partial charge in [0.15, 0.2) is 11.5 Å². The number of hydrogen-bond donors (Lipinski definition) is 1. The Hall–Kier alpha value is -2.53. The van der Waals surface area contributed by atoms with Crippen molar-refractivity contribution in [3.05, 3.63) is 54.1 Å². The van der Waals surface area contributed by atoms with Crippen LogP contribution in [0.15, 0.2) is 48.5 Å². The number of fused-ring (bicyclic) bond motifs is 1. The molecule has 5 heteroatoms. The molecule has 0 spiro atoms. The molecule has 26 heavy (non-hydrogen) atoms. The van der Waals surface area contributed by atoms with Gasteiger partial charge in [-0.15, -0.1) is 0 Å². The Morgan fingerprint density at radius 2 is 1.85 bits per heavy atom. The van der Waals surface area contributed by atoms with E-state index in [9.17, 15) is 4.79 Å². The Morgan fingerprint density at radius 1 is 1.12 bits per heavy atom. The van der Waals surface area contributed by atoms with E-state index in [0.29, 0.717) is 19.7 Å². The molecule has 0 bridgehead atoms. The minimum absolute atomic E-state index is 0.0202. The number of nitrogens with zero attached hydrogens (tertiary/aromatic N) is 1. The van der Waals surface area contributed by atoms with Crippen molar-refractivity contribution in [1.29, 1.82) is 0 Å². The third kappa shape index (κ3) is 4.76. The Bertz CT molecular complexity index is 730. The zero-order chi connectivity index (χ0) is 18.4. The first-order valence-corrected chi connectivity index (χ1v) is 9.17. The summed E-state index contributed by atoms with van der Waals surface area (Å²) in [4.78, 5) is 14.4. The number of aryl methyl sites for hydroxylation is 1. The van der Waals surface area contributed by atoms with Crippen molar-refractivity contribution in [2.75, 3.05) is 31.6 Å². The molecule has 1 aliphatic heterocycles. The fraction of sp³-hybridized carbons (Fsp3) is 0.381. The molecule has 1 amide bonds. The van der Waals surface area contributed by atoms with Crippen molar-refractivity contribution in [1.82, 2.24) is 4.90 Å². The molecule has 3 rings (SSSR count). The highest BCUT2D eigenvalue weighted by molar-refractivity contribution is 5.92. The van der Waals surface area contributed by atoms with Crippen LogP contribution >= 0.6 is 0 Å². The maximum atomic E-state index is 12.4. The molecule has 1 aliphatic rings. The number of ether oxygens (including phenoxy) is 2. The number of hydrogen-bond acceptors (Lipinski definition) is 4. The van der Waals surface area contributed by atoms with Crippen LogP contribution in [-0.2, 0) is 11.2 Å². The summed E-state index contributed by atoms with van der Waals surface area (Å²) in [6.07, 6.45) is 0.909. The van der Waals surface area contributed by atoms with Gasteiger partial charge in [0.25, 0.3) is 0 Å². The van der Waals surface area contributed by atoms with Gasteiger partial charge in [0, 0.05) is 12.2 Å². The van der Waals surface area contributed by atoms with E-state index in [2.05, 4.69) is 17.1 Å². The molecule has 2 aromatic rings. The minimum Gasteiger partial charge on any atom is -0.486 e. The fourth-order valence-electron chi connectivity index (χ4n) is 2.97. The normalized spacial score (nSPS) is 15.7. The van der Waals surface area contributed by atoms with Crippen LogP contribution in [0.25, 0.3) is 0 Å². The molecule has 1 heterocycles. The standard InChI is InChI=1S/C21H26N2O3/c1-3-16-9-11-17(12-10-16)22-21(24)14-23(4-2)13-18-15-25-19-7-5-6-8-20(19)26-18/h5-12,18H,3-4,13-15H2,1-2H3,(H,22,24). The van der Waals surface area contributed by atoms with Gasteiger partial charge in [-0.05, 0) is 42.8 Å². The van der Waals surface area contributed by atoms with E-state index in [1.807, 2.05) is 55.5 Å². The third-order valence-corrected chi connectivity index (χ3v) is 4.49. The molecular formula is C21H26N2O3. The summed E-state index contributed by atoms with van der Waals surface area (Å²) in [5.74, 6) is 1.52. The van der Waals surface area contributed by atoms with E-state index in [4.69, 9.17) is 9.47 Å². The van der Waals surface area contributed by atoms with E-state index in [-0.39, 0.29) is 12.0 Å². The van der Waals surface area contributed by atoms with E-state index >= 15 is 0 Å². The second-order valence-electron chi connectivity index (χ2n) is 6.42. The minimum atomic E-state index is -0.0820. The van der Waals surface area contributed by atoms with Gasteiger partial charge in [0.1, 0.15) is 12.7 Å². The van der Waals surface area contributed by atoms with Gasteiger partial charge in [-0.1, -0.05) is 38.1 Å². The summed E-state index contributed by atoms with van der Waals surface area (Å²) < 4.78 is 11.7. The lowest BCUT2D eigenvalue weighted by Crippen LogP contribution is -2.43. The zero-order valence-electron chi connectivity index (χ0n) is 15.4. The first-order chi connectivity index (χ1) is 12.7. The summed E-state index contributed by atoms with van der Waals surface area (Å²) in [6.45, 7) is 6.39. The summed E-state index contributed by atoms with van der Waals surface area (Å²) >= 11 is 0. The van der Waals surface area contributed by atoms with Gasteiger partial charge >= 0.3 is 0 Å². The molecule has 0 saturated carbocycles. The average Bonchev–Trinajstić information content (AvgIpc) is 2.68. The number of carbonyl (C=O) groups excluding carboxylic acids is 1. The summed E-state index contributed by atoms with van der Waals surface area (Å²) in [5.41, 5.74) is 2.09. The van der Waals surface area contributed by atoms with Crippen molar-refractivity contribution < 1.29 is 14.3 Å². The van der Waals surface area contributed by atoms with Crippen molar-refractivity contribution in [2.45, 2.75) is 26.4 Å². The van der Waals surface area contributed by atoms with Crippen LogP contribution in [0.1, 0.15) is 19.4 Å². The topological polar surface area (TPSA) is 50.8 Å². The first-order valence-electron chi connectivity index (χ1n) is 9.17. The van der Waals surface area contributed by atoms with Crippen molar-refractivity contribution in [3.63, 3.8) is 0 Å². The Labute approximate surface area is 154 Å². The number of amides is 1. The number of rotatable bonds is 7. The molecule has 1 N–H and O–H groups in total. The number of likely N-dealkylation sites (N-methyl/N-ethyl adjacent to an activating group) is 1. The van der Waals surface area contributed by atoms with E-state index < -0.39 is 0 Å². The molecule has 1 atom stereocenters. The van der Waals surface area contributed by atoms with Crippen LogP contribution in [0.3, 0.4) is 0 Å². The summed E-state index contributed by atoms with van der Waals surface area (Å²) in [5, 5.41) is 2.96.